The van der Waals surface area contributed by atoms with E-state index in [0.29, 0.717) is 11.1 Å². The molecule has 0 aliphatic rings. The van der Waals surface area contributed by atoms with Gasteiger partial charge in [-0.25, -0.2) is 4.39 Å². The summed E-state index contributed by atoms with van der Waals surface area (Å²) in [5.41, 5.74) is 1.28. The van der Waals surface area contributed by atoms with Crippen molar-refractivity contribution >= 4 is 10.1 Å². The summed E-state index contributed by atoms with van der Waals surface area (Å²) < 4.78 is 43.6. The van der Waals surface area contributed by atoms with Crippen LogP contribution >= 0.6 is 0 Å². The highest BCUT2D eigenvalue weighted by Gasteiger charge is 2.10. The van der Waals surface area contributed by atoms with E-state index in [9.17, 15) is 12.8 Å². The largest absolute Gasteiger partial charge is 0.294 e. The third kappa shape index (κ3) is 2.69. The smallest absolute Gasteiger partial charge is 0.282 e. The quantitative estimate of drug-likeness (QED) is 0.836. The summed E-state index contributed by atoms with van der Waals surface area (Å²) in [6.07, 6.45) is 0. The topological polar surface area (TPSA) is 54.4 Å². The molecule has 2 rings (SSSR count). The summed E-state index contributed by atoms with van der Waals surface area (Å²) in [6.45, 7) is 0. The van der Waals surface area contributed by atoms with Gasteiger partial charge >= 0.3 is 0 Å². The first-order valence-electron chi connectivity index (χ1n) is 4.80. The van der Waals surface area contributed by atoms with E-state index in [-0.39, 0.29) is 10.7 Å². The van der Waals surface area contributed by atoms with Crippen molar-refractivity contribution in [3.05, 3.63) is 54.3 Å². The molecule has 3 nitrogen and oxygen atoms in total. The maximum Gasteiger partial charge on any atom is 0.294 e. The fraction of sp³-hybridized carbons (Fsp3) is 0. The summed E-state index contributed by atoms with van der Waals surface area (Å²) in [7, 11) is -4.22. The zero-order valence-corrected chi connectivity index (χ0v) is 9.49. The van der Waals surface area contributed by atoms with Crippen LogP contribution in [0.15, 0.2) is 53.4 Å². The van der Waals surface area contributed by atoms with Crippen molar-refractivity contribution in [3.8, 4) is 11.1 Å². The molecular weight excluding hydrogens is 243 g/mol. The fourth-order valence-corrected chi connectivity index (χ4v) is 2.00. The first kappa shape index (κ1) is 11.8. The second kappa shape index (κ2) is 4.27. The molecule has 88 valence electrons. The van der Waals surface area contributed by atoms with Crippen LogP contribution in [-0.4, -0.2) is 13.0 Å². The predicted molar refractivity (Wildman–Crippen MR) is 61.7 cm³/mol. The van der Waals surface area contributed by atoms with Gasteiger partial charge in [-0.05, 0) is 35.4 Å². The molecule has 0 aromatic heterocycles. The van der Waals surface area contributed by atoms with Crippen molar-refractivity contribution in [2.45, 2.75) is 4.90 Å². The van der Waals surface area contributed by atoms with Crippen LogP contribution in [0.2, 0.25) is 0 Å². The van der Waals surface area contributed by atoms with Crippen molar-refractivity contribution in [1.82, 2.24) is 0 Å². The average Bonchev–Trinajstić information content (AvgIpc) is 2.29. The summed E-state index contributed by atoms with van der Waals surface area (Å²) in [5.74, 6) is -0.361. The van der Waals surface area contributed by atoms with E-state index >= 15 is 0 Å². The Bertz CT molecular complexity index is 633. The van der Waals surface area contributed by atoms with Crippen molar-refractivity contribution in [1.29, 1.82) is 0 Å². The molecule has 0 radical (unpaired) electrons. The summed E-state index contributed by atoms with van der Waals surface area (Å²) >= 11 is 0. The lowest BCUT2D eigenvalue weighted by atomic mass is 10.1. The zero-order chi connectivity index (χ0) is 12.5. The van der Waals surface area contributed by atoms with Crippen LogP contribution in [0, 0.1) is 5.82 Å². The zero-order valence-electron chi connectivity index (χ0n) is 8.67. The number of halogens is 1. The van der Waals surface area contributed by atoms with Crippen LogP contribution in [0.25, 0.3) is 11.1 Å². The lowest BCUT2D eigenvalue weighted by Gasteiger charge is -2.03. The highest BCUT2D eigenvalue weighted by Crippen LogP contribution is 2.22. The maximum absolute atomic E-state index is 12.7. The second-order valence-electron chi connectivity index (χ2n) is 3.51. The lowest BCUT2D eigenvalue weighted by Crippen LogP contribution is -1.97. The predicted octanol–water partition coefficient (Wildman–Crippen LogP) is 2.74. The third-order valence-electron chi connectivity index (χ3n) is 2.31. The minimum atomic E-state index is -4.22. The van der Waals surface area contributed by atoms with E-state index in [1.165, 1.54) is 30.3 Å². The van der Waals surface area contributed by atoms with E-state index in [0.717, 1.165) is 0 Å². The van der Waals surface area contributed by atoms with Crippen molar-refractivity contribution in [2.24, 2.45) is 0 Å². The molecule has 0 spiro atoms. The first-order valence-corrected chi connectivity index (χ1v) is 6.24. The van der Waals surface area contributed by atoms with Crippen LogP contribution in [0.5, 0.6) is 0 Å². The standard InChI is InChI=1S/C12H9FO3S/c13-11-6-4-9(5-7-11)10-2-1-3-12(8-10)17(14,15)16/h1-8H,(H,14,15,16). The molecule has 5 heteroatoms. The van der Waals surface area contributed by atoms with Crippen LogP contribution in [0.3, 0.4) is 0 Å². The average molecular weight is 252 g/mol. The monoisotopic (exact) mass is 252 g/mol. The Labute approximate surface area is 98.3 Å². The molecule has 0 saturated heterocycles. The lowest BCUT2D eigenvalue weighted by molar-refractivity contribution is 0.483. The Balaban J connectivity index is 2.50. The number of hydrogen-bond acceptors (Lipinski definition) is 2. The molecule has 0 aliphatic carbocycles. The first-order chi connectivity index (χ1) is 7.97. The van der Waals surface area contributed by atoms with Gasteiger partial charge in [0.2, 0.25) is 0 Å². The van der Waals surface area contributed by atoms with Crippen LogP contribution in [-0.2, 0) is 10.1 Å². The molecule has 0 saturated carbocycles. The Hall–Kier alpha value is -1.72. The Kier molecular flexibility index (Phi) is 2.95. The second-order valence-corrected chi connectivity index (χ2v) is 4.93. The molecule has 0 atom stereocenters. The molecule has 0 fully saturated rings. The molecule has 2 aromatic carbocycles. The van der Waals surface area contributed by atoms with E-state index in [1.807, 2.05) is 0 Å². The number of rotatable bonds is 2. The van der Waals surface area contributed by atoms with Crippen molar-refractivity contribution in [3.63, 3.8) is 0 Å². The minimum absolute atomic E-state index is 0.181. The van der Waals surface area contributed by atoms with Crippen LogP contribution in [0.1, 0.15) is 0 Å². The van der Waals surface area contributed by atoms with Gasteiger partial charge in [0.25, 0.3) is 10.1 Å². The molecule has 0 bridgehead atoms. The Morgan fingerprint density at radius 3 is 2.18 bits per heavy atom. The molecule has 0 unspecified atom stereocenters. The summed E-state index contributed by atoms with van der Waals surface area (Å²) in [5, 5.41) is 0. The molecule has 2 aromatic rings. The van der Waals surface area contributed by atoms with Crippen molar-refractivity contribution < 1.29 is 17.4 Å². The Morgan fingerprint density at radius 1 is 0.941 bits per heavy atom. The Morgan fingerprint density at radius 2 is 1.59 bits per heavy atom. The van der Waals surface area contributed by atoms with E-state index in [4.69, 9.17) is 4.55 Å². The van der Waals surface area contributed by atoms with E-state index < -0.39 is 10.1 Å². The minimum Gasteiger partial charge on any atom is -0.282 e. The molecule has 0 aliphatic heterocycles. The summed E-state index contributed by atoms with van der Waals surface area (Å²) in [4.78, 5) is -0.181. The van der Waals surface area contributed by atoms with Gasteiger partial charge in [-0.2, -0.15) is 8.42 Å². The van der Waals surface area contributed by atoms with Gasteiger partial charge in [-0.1, -0.05) is 24.3 Å². The van der Waals surface area contributed by atoms with E-state index in [1.54, 1.807) is 18.2 Å². The highest BCUT2D eigenvalue weighted by atomic mass is 32.2. The fourth-order valence-electron chi connectivity index (χ4n) is 1.48. The maximum atomic E-state index is 12.7. The van der Waals surface area contributed by atoms with Gasteiger partial charge in [0.05, 0.1) is 4.90 Å². The van der Waals surface area contributed by atoms with Gasteiger partial charge in [-0.3, -0.25) is 4.55 Å². The van der Waals surface area contributed by atoms with Crippen LogP contribution < -0.4 is 0 Å². The normalized spacial score (nSPS) is 11.4. The molecule has 0 heterocycles. The van der Waals surface area contributed by atoms with Crippen molar-refractivity contribution in [2.75, 3.05) is 0 Å². The molecule has 0 amide bonds. The summed E-state index contributed by atoms with van der Waals surface area (Å²) in [6, 6.07) is 11.5. The SMILES string of the molecule is O=S(=O)(O)c1cccc(-c2ccc(F)cc2)c1. The van der Waals surface area contributed by atoms with Crippen LogP contribution in [0.4, 0.5) is 4.39 Å². The number of benzene rings is 2. The van der Waals surface area contributed by atoms with Gasteiger partial charge < -0.3 is 0 Å². The van der Waals surface area contributed by atoms with E-state index in [2.05, 4.69) is 0 Å². The van der Waals surface area contributed by atoms with Gasteiger partial charge in [0.1, 0.15) is 5.82 Å². The van der Waals surface area contributed by atoms with Gasteiger partial charge in [0, 0.05) is 0 Å². The molecule has 17 heavy (non-hydrogen) atoms. The molecule has 1 N–H and O–H groups in total. The third-order valence-corrected chi connectivity index (χ3v) is 3.16. The highest BCUT2D eigenvalue weighted by molar-refractivity contribution is 7.85. The number of hydrogen-bond donors (Lipinski definition) is 1. The molecular formula is C12H9FO3S. The van der Waals surface area contributed by atoms with Gasteiger partial charge in [-0.15, -0.1) is 0 Å². The van der Waals surface area contributed by atoms with Gasteiger partial charge in [0.15, 0.2) is 0 Å².